The van der Waals surface area contributed by atoms with Gasteiger partial charge in [0.1, 0.15) is 6.04 Å². The summed E-state index contributed by atoms with van der Waals surface area (Å²) in [5.41, 5.74) is 1.87. The third-order valence-corrected chi connectivity index (χ3v) is 8.15. The Bertz CT molecular complexity index is 1440. The highest BCUT2D eigenvalue weighted by Gasteiger charge is 2.39. The van der Waals surface area contributed by atoms with E-state index in [0.29, 0.717) is 77.9 Å². The van der Waals surface area contributed by atoms with Crippen molar-refractivity contribution >= 4 is 35.3 Å². The van der Waals surface area contributed by atoms with E-state index in [1.165, 1.54) is 12.0 Å². The van der Waals surface area contributed by atoms with Crippen LogP contribution in [0.15, 0.2) is 29.3 Å². The Morgan fingerprint density at radius 1 is 1.00 bits per heavy atom. The molecule has 3 atom stereocenters. The van der Waals surface area contributed by atoms with Gasteiger partial charge in [0.2, 0.25) is 5.91 Å². The van der Waals surface area contributed by atoms with Crippen LogP contribution in [0.3, 0.4) is 0 Å². The van der Waals surface area contributed by atoms with Gasteiger partial charge in [0.15, 0.2) is 23.0 Å². The molecule has 0 aromatic heterocycles. The summed E-state index contributed by atoms with van der Waals surface area (Å²) in [6.07, 6.45) is 8.38. The minimum atomic E-state index is -0.551. The first-order chi connectivity index (χ1) is 20.4. The van der Waals surface area contributed by atoms with Crippen LogP contribution < -0.4 is 24.3 Å². The molecule has 4 aliphatic rings. The molecule has 42 heavy (non-hydrogen) atoms. The summed E-state index contributed by atoms with van der Waals surface area (Å²) in [5, 5.41) is 2.86. The van der Waals surface area contributed by atoms with E-state index in [1.54, 1.807) is 31.4 Å². The molecule has 0 spiro atoms. The Labute approximate surface area is 244 Å². The Hall–Kier alpha value is -4.28. The first-order valence-electron chi connectivity index (χ1n) is 14.3. The van der Waals surface area contributed by atoms with Crippen LogP contribution in [0.1, 0.15) is 59.7 Å². The molecule has 0 bridgehead atoms. The molecular formula is C31H34N4O7. The number of fused-ring (bicyclic) bond motifs is 4. The topological polar surface area (TPSA) is 119 Å². The number of methoxy groups -OCH3 is 2. The van der Waals surface area contributed by atoms with Gasteiger partial charge in [-0.3, -0.25) is 19.4 Å². The standard InChI is InChI=1S/C31H34N4O7/c1-18(42-28-15-22-20(13-26(28)40-3)30(37)34-10-4-8-19(34)17-32-22)7-6-12-41-27-16-23-21(14-25(27)39-2)31(38)35-11-5-9-24(35)29(36)33-23/h13-19,24H,4,6-12H2,1-3H3,(H,33,36)/t18?,19-,24+/m1/s1. The Morgan fingerprint density at radius 3 is 2.57 bits per heavy atom. The summed E-state index contributed by atoms with van der Waals surface area (Å²) < 4.78 is 23.3. The van der Waals surface area contributed by atoms with E-state index in [2.05, 4.69) is 16.7 Å². The molecule has 0 saturated carbocycles. The van der Waals surface area contributed by atoms with Crippen LogP contribution in [0.5, 0.6) is 23.0 Å². The van der Waals surface area contributed by atoms with Crippen LogP contribution in [-0.2, 0) is 4.79 Å². The molecule has 2 aromatic carbocycles. The van der Waals surface area contributed by atoms with Gasteiger partial charge in [-0.15, -0.1) is 0 Å². The molecule has 2 aromatic rings. The number of carbonyl (C=O) groups is 3. The number of nitrogens with one attached hydrogen (secondary N) is 1. The number of amides is 3. The van der Waals surface area contributed by atoms with Crippen molar-refractivity contribution in [2.75, 3.05) is 39.2 Å². The van der Waals surface area contributed by atoms with Gasteiger partial charge in [0.05, 0.1) is 55.5 Å². The molecule has 3 amide bonds. The van der Waals surface area contributed by atoms with Crippen molar-refractivity contribution in [3.05, 3.63) is 41.8 Å². The first-order valence-corrected chi connectivity index (χ1v) is 14.3. The molecule has 1 N–H and O–H groups in total. The number of nitrogens with zero attached hydrogens (tertiary/aromatic N) is 3. The van der Waals surface area contributed by atoms with Crippen molar-refractivity contribution < 1.29 is 33.3 Å². The van der Waals surface area contributed by atoms with Crippen LogP contribution in [0, 0.1) is 6.42 Å². The lowest BCUT2D eigenvalue weighted by Crippen LogP contribution is -2.40. The van der Waals surface area contributed by atoms with E-state index in [0.717, 1.165) is 19.4 Å². The Kier molecular flexibility index (Phi) is 7.66. The largest absolute Gasteiger partial charge is 0.493 e. The smallest absolute Gasteiger partial charge is 0.256 e. The molecule has 1 unspecified atom stereocenters. The third-order valence-electron chi connectivity index (χ3n) is 8.15. The van der Waals surface area contributed by atoms with E-state index in [4.69, 9.17) is 18.9 Å². The summed E-state index contributed by atoms with van der Waals surface area (Å²) in [4.78, 5) is 46.9. The lowest BCUT2D eigenvalue weighted by Gasteiger charge is -2.21. The van der Waals surface area contributed by atoms with Gasteiger partial charge < -0.3 is 34.1 Å². The molecule has 11 heteroatoms. The van der Waals surface area contributed by atoms with Crippen molar-refractivity contribution in [1.29, 1.82) is 0 Å². The summed E-state index contributed by atoms with van der Waals surface area (Å²) in [5.74, 6) is 1.36. The number of hydrogen-bond donors (Lipinski definition) is 1. The van der Waals surface area contributed by atoms with Gasteiger partial charge in [0.25, 0.3) is 11.8 Å². The number of benzene rings is 2. The van der Waals surface area contributed by atoms with Crippen LogP contribution in [0.4, 0.5) is 11.4 Å². The number of anilines is 1. The molecule has 2 saturated heterocycles. The zero-order chi connectivity index (χ0) is 29.4. The van der Waals surface area contributed by atoms with Crippen molar-refractivity contribution in [3.8, 4) is 23.0 Å². The van der Waals surface area contributed by atoms with E-state index in [9.17, 15) is 14.4 Å². The van der Waals surface area contributed by atoms with Crippen molar-refractivity contribution in [2.24, 2.45) is 4.99 Å². The highest BCUT2D eigenvalue weighted by Crippen LogP contribution is 2.40. The summed E-state index contributed by atoms with van der Waals surface area (Å²) in [6, 6.07) is 6.23. The first kappa shape index (κ1) is 27.9. The average molecular weight is 575 g/mol. The van der Waals surface area contributed by atoms with Gasteiger partial charge in [-0.1, -0.05) is 0 Å². The molecule has 4 aliphatic heterocycles. The number of carbonyl (C=O) groups excluding carboxylic acids is 3. The molecule has 0 aliphatic carbocycles. The van der Waals surface area contributed by atoms with Crippen molar-refractivity contribution in [2.45, 2.75) is 57.2 Å². The molecule has 4 heterocycles. The van der Waals surface area contributed by atoms with E-state index >= 15 is 0 Å². The molecule has 11 nitrogen and oxygen atoms in total. The number of aliphatic imine (C=N–C) groups is 1. The number of ether oxygens (including phenoxy) is 4. The Morgan fingerprint density at radius 2 is 1.76 bits per heavy atom. The SMILES string of the molecule is COc1cc2c(cc1OCCCC(C)Oc1cc3c(cc1OC)C(=O)N1CCC[C@@H]1C=N3)NC(=O)[C@@H]1C[C]CN1C2=O. The predicted molar refractivity (Wildman–Crippen MR) is 154 cm³/mol. The van der Waals surface area contributed by atoms with Crippen molar-refractivity contribution in [1.82, 2.24) is 9.80 Å². The Balaban J connectivity index is 1.09. The number of hydrogen-bond acceptors (Lipinski definition) is 8. The summed E-state index contributed by atoms with van der Waals surface area (Å²) in [6.45, 7) is 3.37. The van der Waals surface area contributed by atoms with E-state index in [1.807, 2.05) is 18.0 Å². The van der Waals surface area contributed by atoms with Crippen LogP contribution >= 0.6 is 0 Å². The number of rotatable bonds is 9. The fourth-order valence-corrected chi connectivity index (χ4v) is 5.90. The van der Waals surface area contributed by atoms with Gasteiger partial charge in [-0.05, 0) is 51.2 Å². The van der Waals surface area contributed by atoms with E-state index in [-0.39, 0.29) is 29.9 Å². The lowest BCUT2D eigenvalue weighted by atomic mass is 10.1. The second kappa shape index (κ2) is 11.5. The minimum absolute atomic E-state index is 0.0314. The fourth-order valence-electron chi connectivity index (χ4n) is 5.90. The highest BCUT2D eigenvalue weighted by atomic mass is 16.5. The normalized spacial score (nSPS) is 21.5. The second-order valence-corrected chi connectivity index (χ2v) is 10.9. The third kappa shape index (κ3) is 5.12. The molecule has 220 valence electrons. The minimum Gasteiger partial charge on any atom is -0.493 e. The summed E-state index contributed by atoms with van der Waals surface area (Å²) >= 11 is 0. The van der Waals surface area contributed by atoms with Gasteiger partial charge in [0, 0.05) is 37.9 Å². The zero-order valence-electron chi connectivity index (χ0n) is 24.0. The van der Waals surface area contributed by atoms with Crippen LogP contribution in [0.2, 0.25) is 0 Å². The molecule has 6 rings (SSSR count). The highest BCUT2D eigenvalue weighted by molar-refractivity contribution is 6.11. The molecular weight excluding hydrogens is 540 g/mol. The van der Waals surface area contributed by atoms with Crippen molar-refractivity contribution in [3.63, 3.8) is 0 Å². The monoisotopic (exact) mass is 574 g/mol. The maximum Gasteiger partial charge on any atom is 0.256 e. The fraction of sp³-hybridized carbons (Fsp3) is 0.452. The maximum absolute atomic E-state index is 13.1. The predicted octanol–water partition coefficient (Wildman–Crippen LogP) is 3.90. The van der Waals surface area contributed by atoms with Crippen LogP contribution in [-0.4, -0.2) is 85.8 Å². The average Bonchev–Trinajstić information content (AvgIpc) is 3.64. The maximum atomic E-state index is 13.1. The van der Waals surface area contributed by atoms with Crippen LogP contribution in [0.25, 0.3) is 0 Å². The zero-order valence-corrected chi connectivity index (χ0v) is 24.0. The van der Waals surface area contributed by atoms with Gasteiger partial charge in [-0.2, -0.15) is 0 Å². The molecule has 2 fully saturated rings. The second-order valence-electron chi connectivity index (χ2n) is 10.9. The lowest BCUT2D eigenvalue weighted by molar-refractivity contribution is -0.119. The van der Waals surface area contributed by atoms with E-state index < -0.39 is 6.04 Å². The quantitative estimate of drug-likeness (QED) is 0.451. The van der Waals surface area contributed by atoms with Gasteiger partial charge >= 0.3 is 0 Å². The summed E-state index contributed by atoms with van der Waals surface area (Å²) in [7, 11) is 3.07. The van der Waals surface area contributed by atoms with Gasteiger partial charge in [-0.25, -0.2) is 0 Å². The molecule has 2 radical (unpaired) electrons.